The molecule has 0 saturated heterocycles. The van der Waals surface area contributed by atoms with Gasteiger partial charge in [0, 0.05) is 12.5 Å². The Morgan fingerprint density at radius 2 is 1.15 bits per heavy atom. The monoisotopic (exact) mass is 484 g/mol. The summed E-state index contributed by atoms with van der Waals surface area (Å²) in [4.78, 5) is 24.6. The molecule has 0 rings (SSSR count). The molecule has 0 aliphatic rings. The minimum Gasteiger partial charge on any atom is -1.00 e. The molecule has 0 amide bonds. The van der Waals surface area contributed by atoms with Gasteiger partial charge in [-0.3, -0.25) is 9.59 Å². The number of halogens is 1. The van der Waals surface area contributed by atoms with Gasteiger partial charge in [0.2, 0.25) is 0 Å². The van der Waals surface area contributed by atoms with E-state index < -0.39 is 0 Å². The Morgan fingerprint density at radius 1 is 0.808 bits per heavy atom. The molecule has 0 aromatic heterocycles. The summed E-state index contributed by atoms with van der Waals surface area (Å²) in [5.74, 6) is 2.33. The van der Waals surface area contributed by atoms with Gasteiger partial charge in [-0.05, 0) is 52.6 Å². The van der Waals surface area contributed by atoms with E-state index in [-0.39, 0.29) is 35.8 Å². The molecule has 0 aromatic rings. The van der Waals surface area contributed by atoms with Crippen molar-refractivity contribution in [1.82, 2.24) is 4.90 Å². The lowest BCUT2D eigenvalue weighted by Crippen LogP contribution is -3.00. The third kappa shape index (κ3) is 20.3. The van der Waals surface area contributed by atoms with Gasteiger partial charge in [0.1, 0.15) is 11.6 Å². The molecule has 0 bridgehead atoms. The van der Waals surface area contributed by atoms with Crippen molar-refractivity contribution < 1.29 is 38.0 Å². The first-order chi connectivity index (χ1) is 11.2. The lowest BCUT2D eigenvalue weighted by molar-refractivity contribution is -0.872. The van der Waals surface area contributed by atoms with Crippen LogP contribution in [-0.2, 0) is 9.59 Å². The summed E-state index contributed by atoms with van der Waals surface area (Å²) in [6.45, 7) is 13.9. The number of hydrogen-bond acceptors (Lipinski definition) is 3. The highest BCUT2D eigenvalue weighted by Gasteiger charge is 2.22. The van der Waals surface area contributed by atoms with E-state index in [1.54, 1.807) is 13.8 Å². The van der Waals surface area contributed by atoms with Crippen molar-refractivity contribution in [3.8, 4) is 0 Å². The first-order valence-corrected chi connectivity index (χ1v) is 9.61. The summed E-state index contributed by atoms with van der Waals surface area (Å²) in [5.41, 5.74) is 0. The van der Waals surface area contributed by atoms with Crippen molar-refractivity contribution in [2.75, 3.05) is 48.3 Å². The Morgan fingerprint density at radius 3 is 1.38 bits per heavy atom. The number of Topliss-reactive ketones (excluding diaryl/α,β-unsaturated/α-hetero) is 2. The summed E-state index contributed by atoms with van der Waals surface area (Å²) >= 11 is 0. The second-order valence-electron chi connectivity index (χ2n) is 9.61. The third-order valence-corrected chi connectivity index (χ3v) is 4.02. The van der Waals surface area contributed by atoms with Crippen LogP contribution in [0.15, 0.2) is 0 Å². The lowest BCUT2D eigenvalue weighted by atomic mass is 9.93. The molecule has 0 aliphatic carbocycles. The van der Waals surface area contributed by atoms with Gasteiger partial charge in [-0.15, -0.1) is 0 Å². The molecule has 2 atom stereocenters. The van der Waals surface area contributed by atoms with Crippen molar-refractivity contribution in [2.24, 2.45) is 23.7 Å². The molecule has 0 heterocycles. The van der Waals surface area contributed by atoms with Crippen LogP contribution in [0.25, 0.3) is 0 Å². The van der Waals surface area contributed by atoms with Gasteiger partial charge < -0.3 is 33.4 Å². The highest BCUT2D eigenvalue weighted by molar-refractivity contribution is 5.78. The van der Waals surface area contributed by atoms with Crippen LogP contribution in [0, 0.1) is 23.7 Å². The molecule has 0 saturated carbocycles. The SMILES string of the molecule is CC(=O)C(CC(C)C)CN(C)C.CC(=O)C(CC(C)C)C[N+](C)(C)C.[I-]. The second kappa shape index (κ2) is 15.0. The summed E-state index contributed by atoms with van der Waals surface area (Å²) < 4.78 is 0.872. The number of carbonyl (C=O) groups excluding carboxylic acids is 2. The largest absolute Gasteiger partial charge is 1.00 e. The topological polar surface area (TPSA) is 37.4 Å². The van der Waals surface area contributed by atoms with Crippen LogP contribution in [0.4, 0.5) is 0 Å². The molecule has 0 N–H and O–H groups in total. The number of ketones is 2. The zero-order chi connectivity index (χ0) is 20.4. The highest BCUT2D eigenvalue weighted by atomic mass is 127. The minimum absolute atomic E-state index is 0. The highest BCUT2D eigenvalue weighted by Crippen LogP contribution is 2.15. The first-order valence-electron chi connectivity index (χ1n) is 9.61. The predicted octanol–water partition coefficient (Wildman–Crippen LogP) is 0.747. The zero-order valence-corrected chi connectivity index (χ0v) is 21.4. The fourth-order valence-corrected chi connectivity index (χ4v) is 2.98. The molecule has 0 fully saturated rings. The van der Waals surface area contributed by atoms with Crippen LogP contribution in [0.5, 0.6) is 0 Å². The molecule has 4 nitrogen and oxygen atoms in total. The molecule has 0 aromatic carbocycles. The number of nitrogens with zero attached hydrogens (tertiary/aromatic N) is 2. The fourth-order valence-electron chi connectivity index (χ4n) is 2.98. The zero-order valence-electron chi connectivity index (χ0n) is 19.2. The van der Waals surface area contributed by atoms with Gasteiger partial charge in [0.15, 0.2) is 0 Å². The van der Waals surface area contributed by atoms with Gasteiger partial charge in [-0.2, -0.15) is 0 Å². The maximum atomic E-state index is 11.3. The Labute approximate surface area is 180 Å². The van der Waals surface area contributed by atoms with Crippen molar-refractivity contribution >= 4 is 11.6 Å². The molecular formula is C21H45IN2O2. The van der Waals surface area contributed by atoms with E-state index in [9.17, 15) is 9.59 Å². The van der Waals surface area contributed by atoms with E-state index in [1.165, 1.54) is 0 Å². The van der Waals surface area contributed by atoms with E-state index in [0.717, 1.165) is 30.4 Å². The summed E-state index contributed by atoms with van der Waals surface area (Å²) in [6, 6.07) is 0. The molecule has 26 heavy (non-hydrogen) atoms. The van der Waals surface area contributed by atoms with Gasteiger partial charge in [0.05, 0.1) is 33.6 Å². The molecule has 0 spiro atoms. The van der Waals surface area contributed by atoms with Crippen molar-refractivity contribution in [3.05, 3.63) is 0 Å². The van der Waals surface area contributed by atoms with Gasteiger partial charge in [0.25, 0.3) is 0 Å². The van der Waals surface area contributed by atoms with Crippen LogP contribution in [0.3, 0.4) is 0 Å². The van der Waals surface area contributed by atoms with Crippen LogP contribution < -0.4 is 24.0 Å². The maximum absolute atomic E-state index is 11.3. The average Bonchev–Trinajstić information content (AvgIpc) is 2.34. The van der Waals surface area contributed by atoms with Crippen molar-refractivity contribution in [3.63, 3.8) is 0 Å². The lowest BCUT2D eigenvalue weighted by Gasteiger charge is -2.28. The smallest absolute Gasteiger partial charge is 0.138 e. The van der Waals surface area contributed by atoms with Crippen LogP contribution in [0.2, 0.25) is 0 Å². The summed E-state index contributed by atoms with van der Waals surface area (Å²) in [5, 5.41) is 0. The predicted molar refractivity (Wildman–Crippen MR) is 109 cm³/mol. The number of quaternary nitrogens is 1. The maximum Gasteiger partial charge on any atom is 0.138 e. The molecule has 5 heteroatoms. The third-order valence-electron chi connectivity index (χ3n) is 4.02. The second-order valence-corrected chi connectivity index (χ2v) is 9.61. The first kappa shape index (κ1) is 30.7. The molecule has 2 unspecified atom stereocenters. The van der Waals surface area contributed by atoms with E-state index in [4.69, 9.17) is 0 Å². The standard InChI is InChI=1S/C11H24NO.C10H21NO.HI/c1-9(2)7-11(10(3)13)8-12(4,5)6;1-8(2)6-10(9(3)12)7-11(4)5;/h9,11H,7-8H2,1-6H3;8,10H,6-7H2,1-5H3;1H/q+1;;/p-1. The Kier molecular flexibility index (Phi) is 17.7. The molecular weight excluding hydrogens is 439 g/mol. The van der Waals surface area contributed by atoms with Crippen LogP contribution in [-0.4, -0.2) is 69.3 Å². The number of rotatable bonds is 10. The Hall–Kier alpha value is -0.0100. The summed E-state index contributed by atoms with van der Waals surface area (Å²) in [6.07, 6.45) is 2.03. The normalized spacial score (nSPS) is 13.8. The Bertz CT molecular complexity index is 378. The van der Waals surface area contributed by atoms with E-state index in [0.29, 0.717) is 23.4 Å². The van der Waals surface area contributed by atoms with Gasteiger partial charge >= 0.3 is 0 Å². The minimum atomic E-state index is 0. The van der Waals surface area contributed by atoms with Crippen LogP contribution >= 0.6 is 0 Å². The average molecular weight is 485 g/mol. The van der Waals surface area contributed by atoms with Crippen molar-refractivity contribution in [1.29, 1.82) is 0 Å². The number of hydrogen-bond donors (Lipinski definition) is 0. The number of carbonyl (C=O) groups is 2. The van der Waals surface area contributed by atoms with Crippen molar-refractivity contribution in [2.45, 2.75) is 54.4 Å². The van der Waals surface area contributed by atoms with Gasteiger partial charge in [-0.1, -0.05) is 27.7 Å². The van der Waals surface area contributed by atoms with Gasteiger partial charge in [-0.25, -0.2) is 0 Å². The quantitative estimate of drug-likeness (QED) is 0.339. The molecule has 158 valence electrons. The summed E-state index contributed by atoms with van der Waals surface area (Å²) in [7, 11) is 10.4. The molecule has 0 aliphatic heterocycles. The van der Waals surface area contributed by atoms with E-state index in [2.05, 4.69) is 53.7 Å². The Balaban J connectivity index is -0.000000393. The molecule has 0 radical (unpaired) electrons. The fraction of sp³-hybridized carbons (Fsp3) is 0.905. The van der Waals surface area contributed by atoms with E-state index in [1.807, 2.05) is 14.1 Å². The van der Waals surface area contributed by atoms with Crippen LogP contribution in [0.1, 0.15) is 54.4 Å². The van der Waals surface area contributed by atoms with E-state index >= 15 is 0 Å².